The van der Waals surface area contributed by atoms with Crippen LogP contribution in [0.25, 0.3) is 0 Å². The van der Waals surface area contributed by atoms with Crippen molar-refractivity contribution in [1.29, 1.82) is 5.26 Å². The maximum Gasteiger partial charge on any atom is 0.404 e. The van der Waals surface area contributed by atoms with Crippen LogP contribution in [0.4, 0.5) is 4.79 Å². The van der Waals surface area contributed by atoms with Gasteiger partial charge in [-0.1, -0.05) is 12.1 Å². The summed E-state index contributed by atoms with van der Waals surface area (Å²) in [5.41, 5.74) is 1.39. The lowest BCUT2D eigenvalue weighted by Gasteiger charge is -2.05. The number of nitriles is 1. The molecular weight excluding hydrogens is 246 g/mol. The molecule has 6 heteroatoms. The molecule has 0 atom stereocenters. The Morgan fingerprint density at radius 2 is 1.79 bits per heavy atom. The van der Waals surface area contributed by atoms with Gasteiger partial charge in [0.1, 0.15) is 0 Å². The van der Waals surface area contributed by atoms with Crippen molar-refractivity contribution in [2.24, 2.45) is 0 Å². The Labute approximate surface area is 111 Å². The van der Waals surface area contributed by atoms with Crippen molar-refractivity contribution >= 4 is 12.0 Å². The lowest BCUT2D eigenvalue weighted by Crippen LogP contribution is -2.29. The fourth-order valence-corrected chi connectivity index (χ4v) is 1.46. The maximum atomic E-state index is 11.6. The first-order chi connectivity index (χ1) is 9.11. The van der Waals surface area contributed by atoms with Crippen molar-refractivity contribution in [3.63, 3.8) is 0 Å². The summed E-state index contributed by atoms with van der Waals surface area (Å²) < 4.78 is 0. The molecule has 0 fully saturated rings. The smallest absolute Gasteiger partial charge is 0.404 e. The highest BCUT2D eigenvalue weighted by Gasteiger charge is 2.03. The summed E-state index contributed by atoms with van der Waals surface area (Å²) in [4.78, 5) is 21.7. The molecule has 1 rings (SSSR count). The van der Waals surface area contributed by atoms with Crippen molar-refractivity contribution in [2.45, 2.75) is 12.8 Å². The molecular formula is C13H15N3O3. The first-order valence-corrected chi connectivity index (χ1v) is 5.84. The van der Waals surface area contributed by atoms with Gasteiger partial charge in [-0.05, 0) is 24.1 Å². The number of carbonyl (C=O) groups excluding carboxylic acids is 1. The van der Waals surface area contributed by atoms with Crippen molar-refractivity contribution in [3.8, 4) is 6.07 Å². The van der Waals surface area contributed by atoms with Crippen LogP contribution in [0.5, 0.6) is 0 Å². The number of nitrogens with zero attached hydrogens (tertiary/aromatic N) is 1. The third kappa shape index (κ3) is 6.07. The monoisotopic (exact) mass is 261 g/mol. The average molecular weight is 261 g/mol. The SMILES string of the molecule is N#Cc1ccc(CC(=O)NCCCNC(=O)O)cc1. The molecule has 0 aliphatic heterocycles. The van der Waals surface area contributed by atoms with E-state index in [-0.39, 0.29) is 12.3 Å². The van der Waals surface area contributed by atoms with Crippen LogP contribution in [-0.4, -0.2) is 30.2 Å². The van der Waals surface area contributed by atoms with Crippen LogP contribution in [0.1, 0.15) is 17.5 Å². The molecule has 0 aromatic heterocycles. The minimum Gasteiger partial charge on any atom is -0.465 e. The summed E-state index contributed by atoms with van der Waals surface area (Å²) in [6.45, 7) is 0.738. The largest absolute Gasteiger partial charge is 0.465 e. The first kappa shape index (κ1) is 14.5. The van der Waals surface area contributed by atoms with Gasteiger partial charge in [0.25, 0.3) is 0 Å². The Bertz CT molecular complexity index is 477. The van der Waals surface area contributed by atoms with E-state index in [9.17, 15) is 9.59 Å². The summed E-state index contributed by atoms with van der Waals surface area (Å²) in [5.74, 6) is -0.125. The molecule has 1 aromatic carbocycles. The van der Waals surface area contributed by atoms with Gasteiger partial charge in [0.05, 0.1) is 18.1 Å². The molecule has 0 radical (unpaired) electrons. The van der Waals surface area contributed by atoms with Crippen molar-refractivity contribution < 1.29 is 14.7 Å². The molecule has 2 amide bonds. The Balaban J connectivity index is 2.23. The van der Waals surface area contributed by atoms with E-state index in [0.717, 1.165) is 5.56 Å². The van der Waals surface area contributed by atoms with E-state index in [4.69, 9.17) is 10.4 Å². The number of amides is 2. The number of carbonyl (C=O) groups is 2. The molecule has 0 saturated heterocycles. The predicted molar refractivity (Wildman–Crippen MR) is 68.5 cm³/mol. The zero-order chi connectivity index (χ0) is 14.1. The second kappa shape index (κ2) is 7.71. The van der Waals surface area contributed by atoms with Crippen LogP contribution in [0.15, 0.2) is 24.3 Å². The van der Waals surface area contributed by atoms with E-state index < -0.39 is 6.09 Å². The van der Waals surface area contributed by atoms with Gasteiger partial charge >= 0.3 is 6.09 Å². The number of carboxylic acid groups (broad SMARTS) is 1. The lowest BCUT2D eigenvalue weighted by atomic mass is 10.1. The van der Waals surface area contributed by atoms with Crippen LogP contribution >= 0.6 is 0 Å². The highest BCUT2D eigenvalue weighted by Crippen LogP contribution is 2.03. The normalized spacial score (nSPS) is 9.42. The maximum absolute atomic E-state index is 11.6. The third-order valence-corrected chi connectivity index (χ3v) is 2.40. The van der Waals surface area contributed by atoms with E-state index in [1.165, 1.54) is 0 Å². The molecule has 0 heterocycles. The van der Waals surface area contributed by atoms with Gasteiger partial charge in [-0.3, -0.25) is 4.79 Å². The minimum atomic E-state index is -1.07. The third-order valence-electron chi connectivity index (χ3n) is 2.40. The molecule has 0 spiro atoms. The standard InChI is InChI=1S/C13H15N3O3/c14-9-11-4-2-10(3-5-11)8-12(17)15-6-1-7-16-13(18)19/h2-5,16H,1,6-8H2,(H,15,17)(H,18,19). The summed E-state index contributed by atoms with van der Waals surface area (Å²) in [6, 6.07) is 8.82. The Kier molecular flexibility index (Phi) is 5.89. The van der Waals surface area contributed by atoms with E-state index in [0.29, 0.717) is 25.1 Å². The van der Waals surface area contributed by atoms with Crippen molar-refractivity contribution in [2.75, 3.05) is 13.1 Å². The zero-order valence-electron chi connectivity index (χ0n) is 10.3. The second-order valence-electron chi connectivity index (χ2n) is 3.92. The van der Waals surface area contributed by atoms with Gasteiger partial charge in [-0.2, -0.15) is 5.26 Å². The van der Waals surface area contributed by atoms with Crippen molar-refractivity contribution in [1.82, 2.24) is 10.6 Å². The number of hydrogen-bond donors (Lipinski definition) is 3. The number of hydrogen-bond acceptors (Lipinski definition) is 3. The van der Waals surface area contributed by atoms with Gasteiger partial charge in [0, 0.05) is 13.1 Å². The van der Waals surface area contributed by atoms with E-state index in [1.54, 1.807) is 24.3 Å². The number of rotatable bonds is 6. The Morgan fingerprint density at radius 3 is 2.37 bits per heavy atom. The molecule has 1 aromatic rings. The Hall–Kier alpha value is -2.55. The highest BCUT2D eigenvalue weighted by molar-refractivity contribution is 5.78. The van der Waals surface area contributed by atoms with Crippen LogP contribution in [0.2, 0.25) is 0 Å². The zero-order valence-corrected chi connectivity index (χ0v) is 10.3. The second-order valence-corrected chi connectivity index (χ2v) is 3.92. The summed E-state index contributed by atoms with van der Waals surface area (Å²) in [5, 5.41) is 21.9. The van der Waals surface area contributed by atoms with Gasteiger partial charge < -0.3 is 15.7 Å². The summed E-state index contributed by atoms with van der Waals surface area (Å²) in [6.07, 6.45) is -0.271. The van der Waals surface area contributed by atoms with Gasteiger partial charge in [-0.15, -0.1) is 0 Å². The Morgan fingerprint density at radius 1 is 1.16 bits per heavy atom. The van der Waals surface area contributed by atoms with Crippen LogP contribution in [-0.2, 0) is 11.2 Å². The molecule has 19 heavy (non-hydrogen) atoms. The molecule has 100 valence electrons. The lowest BCUT2D eigenvalue weighted by molar-refractivity contribution is -0.120. The highest BCUT2D eigenvalue weighted by atomic mass is 16.4. The molecule has 3 N–H and O–H groups in total. The summed E-state index contributed by atoms with van der Waals surface area (Å²) in [7, 11) is 0. The predicted octanol–water partition coefficient (Wildman–Crippen LogP) is 0.875. The molecule has 0 aliphatic carbocycles. The topological polar surface area (TPSA) is 102 Å². The van der Waals surface area contributed by atoms with Crippen LogP contribution in [0, 0.1) is 11.3 Å². The van der Waals surface area contributed by atoms with Gasteiger partial charge in [0.15, 0.2) is 0 Å². The minimum absolute atomic E-state index is 0.125. The molecule has 6 nitrogen and oxygen atoms in total. The molecule has 0 unspecified atom stereocenters. The van der Waals surface area contributed by atoms with Crippen LogP contribution < -0.4 is 10.6 Å². The van der Waals surface area contributed by atoms with E-state index in [1.807, 2.05) is 6.07 Å². The van der Waals surface area contributed by atoms with Gasteiger partial charge in [-0.25, -0.2) is 4.79 Å². The van der Waals surface area contributed by atoms with Crippen molar-refractivity contribution in [3.05, 3.63) is 35.4 Å². The van der Waals surface area contributed by atoms with E-state index in [2.05, 4.69) is 10.6 Å². The molecule has 0 saturated carbocycles. The van der Waals surface area contributed by atoms with E-state index >= 15 is 0 Å². The fourth-order valence-electron chi connectivity index (χ4n) is 1.46. The fraction of sp³-hybridized carbons (Fsp3) is 0.308. The molecule has 0 bridgehead atoms. The first-order valence-electron chi connectivity index (χ1n) is 5.84. The number of nitrogens with one attached hydrogen (secondary N) is 2. The average Bonchev–Trinajstić information content (AvgIpc) is 2.39. The quantitative estimate of drug-likeness (QED) is 0.661. The molecule has 0 aliphatic rings. The number of benzene rings is 1. The van der Waals surface area contributed by atoms with Gasteiger partial charge in [0.2, 0.25) is 5.91 Å². The van der Waals surface area contributed by atoms with Crippen LogP contribution in [0.3, 0.4) is 0 Å². The summed E-state index contributed by atoms with van der Waals surface area (Å²) >= 11 is 0.